The van der Waals surface area contributed by atoms with E-state index in [0.717, 1.165) is 35.7 Å². The average Bonchev–Trinajstić information content (AvgIpc) is 3.11. The lowest BCUT2D eigenvalue weighted by atomic mass is 10.1. The van der Waals surface area contributed by atoms with Crippen LogP contribution in [0, 0.1) is 19.8 Å². The van der Waals surface area contributed by atoms with Gasteiger partial charge in [0.2, 0.25) is 11.8 Å². The highest BCUT2D eigenvalue weighted by molar-refractivity contribution is 6.00. The van der Waals surface area contributed by atoms with Gasteiger partial charge in [-0.1, -0.05) is 18.2 Å². The fraction of sp³-hybridized carbons (Fsp3) is 0.409. The first-order chi connectivity index (χ1) is 13.5. The molecule has 146 valence electrons. The van der Waals surface area contributed by atoms with E-state index in [2.05, 4.69) is 9.88 Å². The van der Waals surface area contributed by atoms with Crippen molar-refractivity contribution >= 4 is 23.3 Å². The summed E-state index contributed by atoms with van der Waals surface area (Å²) in [6.45, 7) is 7.38. The van der Waals surface area contributed by atoms with Crippen molar-refractivity contribution < 1.29 is 9.59 Å². The normalized spacial score (nSPS) is 20.0. The summed E-state index contributed by atoms with van der Waals surface area (Å²) in [5.41, 5.74) is 3.12. The molecule has 2 fully saturated rings. The van der Waals surface area contributed by atoms with Crippen LogP contribution in [0.15, 0.2) is 42.6 Å². The molecule has 3 heterocycles. The van der Waals surface area contributed by atoms with Gasteiger partial charge in [0, 0.05) is 51.0 Å². The molecule has 0 radical (unpaired) electrons. The molecule has 28 heavy (non-hydrogen) atoms. The van der Waals surface area contributed by atoms with Crippen molar-refractivity contribution in [2.24, 2.45) is 5.92 Å². The van der Waals surface area contributed by atoms with Crippen LogP contribution in [0.1, 0.15) is 17.5 Å². The van der Waals surface area contributed by atoms with Crippen molar-refractivity contribution in [2.75, 3.05) is 42.5 Å². The first kappa shape index (κ1) is 18.5. The monoisotopic (exact) mass is 378 g/mol. The highest BCUT2D eigenvalue weighted by Gasteiger charge is 2.38. The van der Waals surface area contributed by atoms with E-state index in [1.54, 1.807) is 11.1 Å². The van der Waals surface area contributed by atoms with E-state index in [0.29, 0.717) is 26.1 Å². The van der Waals surface area contributed by atoms with Gasteiger partial charge in [-0.3, -0.25) is 9.59 Å². The number of piperazine rings is 1. The first-order valence-corrected chi connectivity index (χ1v) is 9.85. The summed E-state index contributed by atoms with van der Waals surface area (Å²) in [4.78, 5) is 35.9. The van der Waals surface area contributed by atoms with Crippen molar-refractivity contribution in [1.82, 2.24) is 9.88 Å². The maximum absolute atomic E-state index is 13.0. The van der Waals surface area contributed by atoms with E-state index in [-0.39, 0.29) is 17.7 Å². The van der Waals surface area contributed by atoms with E-state index in [9.17, 15) is 9.59 Å². The third-order valence-electron chi connectivity index (χ3n) is 5.69. The van der Waals surface area contributed by atoms with Gasteiger partial charge in [0.15, 0.2) is 0 Å². The van der Waals surface area contributed by atoms with Crippen LogP contribution in [0.4, 0.5) is 11.5 Å². The first-order valence-electron chi connectivity index (χ1n) is 9.85. The minimum Gasteiger partial charge on any atom is -0.353 e. The van der Waals surface area contributed by atoms with Crippen LogP contribution in [0.5, 0.6) is 0 Å². The van der Waals surface area contributed by atoms with E-state index in [1.807, 2.05) is 55.1 Å². The Balaban J connectivity index is 1.40. The van der Waals surface area contributed by atoms with Crippen LogP contribution in [0.3, 0.4) is 0 Å². The molecule has 1 unspecified atom stereocenters. The van der Waals surface area contributed by atoms with Crippen LogP contribution in [-0.4, -0.2) is 54.4 Å². The van der Waals surface area contributed by atoms with Gasteiger partial charge in [0.1, 0.15) is 5.82 Å². The number of hydrogen-bond donors (Lipinski definition) is 0. The van der Waals surface area contributed by atoms with E-state index in [4.69, 9.17) is 0 Å². The molecule has 0 N–H and O–H groups in total. The maximum atomic E-state index is 13.0. The molecular weight excluding hydrogens is 352 g/mol. The average molecular weight is 378 g/mol. The molecule has 4 rings (SSSR count). The van der Waals surface area contributed by atoms with Crippen LogP contribution in [0.2, 0.25) is 0 Å². The fourth-order valence-corrected chi connectivity index (χ4v) is 4.07. The molecule has 2 amide bonds. The Kier molecular flexibility index (Phi) is 5.03. The van der Waals surface area contributed by atoms with Gasteiger partial charge >= 0.3 is 0 Å². The summed E-state index contributed by atoms with van der Waals surface area (Å²) >= 11 is 0. The third kappa shape index (κ3) is 3.59. The molecule has 0 aliphatic carbocycles. The fourth-order valence-electron chi connectivity index (χ4n) is 4.07. The van der Waals surface area contributed by atoms with Crippen LogP contribution in [0.25, 0.3) is 0 Å². The third-order valence-corrected chi connectivity index (χ3v) is 5.69. The Labute approximate surface area is 165 Å². The Morgan fingerprint density at radius 3 is 2.57 bits per heavy atom. The quantitative estimate of drug-likeness (QED) is 0.823. The molecule has 6 nitrogen and oxygen atoms in total. The van der Waals surface area contributed by atoms with Crippen LogP contribution < -0.4 is 9.80 Å². The van der Waals surface area contributed by atoms with Gasteiger partial charge in [-0.05, 0) is 43.2 Å². The van der Waals surface area contributed by atoms with E-state index < -0.39 is 0 Å². The van der Waals surface area contributed by atoms with Crippen LogP contribution >= 0.6 is 0 Å². The maximum Gasteiger partial charge on any atom is 0.228 e. The van der Waals surface area contributed by atoms with Crippen molar-refractivity contribution in [3.05, 3.63) is 53.7 Å². The Bertz CT molecular complexity index is 875. The molecule has 2 aliphatic heterocycles. The van der Waals surface area contributed by atoms with E-state index in [1.165, 1.54) is 0 Å². The van der Waals surface area contributed by atoms with Crippen LogP contribution in [-0.2, 0) is 9.59 Å². The number of rotatable bonds is 3. The second-order valence-corrected chi connectivity index (χ2v) is 7.70. The summed E-state index contributed by atoms with van der Waals surface area (Å²) in [6.07, 6.45) is 2.09. The number of amides is 2. The number of carbonyl (C=O) groups excluding carboxylic acids is 2. The number of anilines is 2. The van der Waals surface area contributed by atoms with Gasteiger partial charge in [-0.25, -0.2) is 4.98 Å². The van der Waals surface area contributed by atoms with E-state index >= 15 is 0 Å². The topological polar surface area (TPSA) is 56.8 Å². The lowest BCUT2D eigenvalue weighted by molar-refractivity contribution is -0.136. The van der Waals surface area contributed by atoms with Crippen molar-refractivity contribution in [3.8, 4) is 0 Å². The standard InChI is InChI=1S/C22H26N4O2/c1-16-6-7-17(2)19(13-16)26-15-18(14-21(26)27)22(28)25-11-9-24(10-12-25)20-5-3-4-8-23-20/h3-8,13,18H,9-12,14-15H2,1-2H3. The highest BCUT2D eigenvalue weighted by atomic mass is 16.2. The molecule has 1 atom stereocenters. The zero-order valence-corrected chi connectivity index (χ0v) is 16.5. The predicted molar refractivity (Wildman–Crippen MR) is 109 cm³/mol. The number of pyridine rings is 1. The van der Waals surface area contributed by atoms with Gasteiger partial charge in [0.25, 0.3) is 0 Å². The molecule has 0 saturated carbocycles. The van der Waals surface area contributed by atoms with Gasteiger partial charge < -0.3 is 14.7 Å². The predicted octanol–water partition coefficient (Wildman–Crippen LogP) is 2.40. The Morgan fingerprint density at radius 1 is 1.07 bits per heavy atom. The summed E-state index contributed by atoms with van der Waals surface area (Å²) < 4.78 is 0. The van der Waals surface area contributed by atoms with Gasteiger partial charge in [-0.2, -0.15) is 0 Å². The van der Waals surface area contributed by atoms with Crippen molar-refractivity contribution in [3.63, 3.8) is 0 Å². The lowest BCUT2D eigenvalue weighted by Gasteiger charge is -2.36. The number of aryl methyl sites for hydroxylation is 2. The zero-order chi connectivity index (χ0) is 19.7. The summed E-state index contributed by atoms with van der Waals surface area (Å²) in [7, 11) is 0. The molecule has 0 bridgehead atoms. The van der Waals surface area contributed by atoms with Gasteiger partial charge in [0.05, 0.1) is 5.92 Å². The molecule has 2 aromatic rings. The Morgan fingerprint density at radius 2 is 1.86 bits per heavy atom. The molecule has 1 aromatic carbocycles. The number of hydrogen-bond acceptors (Lipinski definition) is 4. The van der Waals surface area contributed by atoms with Crippen molar-refractivity contribution in [1.29, 1.82) is 0 Å². The molecule has 2 saturated heterocycles. The SMILES string of the molecule is Cc1ccc(C)c(N2CC(C(=O)N3CCN(c4ccccn4)CC3)CC2=O)c1. The summed E-state index contributed by atoms with van der Waals surface area (Å²) in [5, 5.41) is 0. The molecule has 2 aliphatic rings. The molecular formula is C22H26N4O2. The van der Waals surface area contributed by atoms with Gasteiger partial charge in [-0.15, -0.1) is 0 Å². The smallest absolute Gasteiger partial charge is 0.228 e. The lowest BCUT2D eigenvalue weighted by Crippen LogP contribution is -2.51. The summed E-state index contributed by atoms with van der Waals surface area (Å²) in [6, 6.07) is 12.0. The Hall–Kier alpha value is -2.89. The number of carbonyl (C=O) groups is 2. The number of nitrogens with zero attached hydrogens (tertiary/aromatic N) is 4. The minimum atomic E-state index is -0.256. The largest absolute Gasteiger partial charge is 0.353 e. The second kappa shape index (κ2) is 7.62. The summed E-state index contributed by atoms with van der Waals surface area (Å²) in [5.74, 6) is 0.835. The number of aromatic nitrogens is 1. The minimum absolute atomic E-state index is 0.0409. The number of benzene rings is 1. The highest BCUT2D eigenvalue weighted by Crippen LogP contribution is 2.30. The molecule has 6 heteroatoms. The zero-order valence-electron chi connectivity index (χ0n) is 16.5. The van der Waals surface area contributed by atoms with Crippen molar-refractivity contribution in [2.45, 2.75) is 20.3 Å². The second-order valence-electron chi connectivity index (χ2n) is 7.70. The molecule has 1 aromatic heterocycles. The molecule has 0 spiro atoms.